The van der Waals surface area contributed by atoms with Crippen molar-refractivity contribution in [3.8, 4) is 0 Å². The van der Waals surface area contributed by atoms with Crippen molar-refractivity contribution in [3.63, 3.8) is 0 Å². The van der Waals surface area contributed by atoms with Gasteiger partial charge in [-0.05, 0) is 92.6 Å². The van der Waals surface area contributed by atoms with E-state index in [0.29, 0.717) is 6.04 Å². The lowest BCUT2D eigenvalue weighted by molar-refractivity contribution is 0.761. The molecule has 0 saturated carbocycles. The van der Waals surface area contributed by atoms with Gasteiger partial charge >= 0.3 is 0 Å². The molecule has 3 rings (SSSR count). The number of anilines is 2. The van der Waals surface area contributed by atoms with Gasteiger partial charge in [-0.15, -0.1) is 0 Å². The van der Waals surface area contributed by atoms with Crippen LogP contribution in [-0.2, 0) is 6.42 Å². The third-order valence-corrected chi connectivity index (χ3v) is 5.00. The van der Waals surface area contributed by atoms with E-state index in [0.717, 1.165) is 33.2 Å². The summed E-state index contributed by atoms with van der Waals surface area (Å²) in [5, 5.41) is 3.65. The Morgan fingerprint density at radius 1 is 1.15 bits per heavy atom. The van der Waals surface area contributed by atoms with E-state index in [9.17, 15) is 0 Å². The molecule has 1 unspecified atom stereocenters. The fraction of sp³-hybridized carbons (Fsp3) is 0.250. The average molecular weight is 396 g/mol. The third kappa shape index (κ3) is 2.59. The van der Waals surface area contributed by atoms with Crippen LogP contribution in [0.4, 0.5) is 11.4 Å². The lowest BCUT2D eigenvalue weighted by Crippen LogP contribution is -2.08. The van der Waals surface area contributed by atoms with E-state index in [2.05, 4.69) is 68.4 Å². The summed E-state index contributed by atoms with van der Waals surface area (Å²) < 4.78 is 2.18. The maximum Gasteiger partial charge on any atom is 0.0634 e. The van der Waals surface area contributed by atoms with E-state index < -0.39 is 0 Å². The van der Waals surface area contributed by atoms with Gasteiger partial charge in [-0.1, -0.05) is 6.07 Å². The highest BCUT2D eigenvalue weighted by atomic mass is 79.9. The van der Waals surface area contributed by atoms with E-state index >= 15 is 0 Å². The maximum absolute atomic E-state index is 5.86. The van der Waals surface area contributed by atoms with Crippen LogP contribution in [0.2, 0.25) is 0 Å². The van der Waals surface area contributed by atoms with Crippen molar-refractivity contribution in [2.75, 3.05) is 11.1 Å². The molecule has 0 bridgehead atoms. The molecule has 1 atom stereocenters. The summed E-state index contributed by atoms with van der Waals surface area (Å²) in [7, 11) is 0. The van der Waals surface area contributed by atoms with Gasteiger partial charge in [-0.25, -0.2) is 0 Å². The first-order valence-corrected chi connectivity index (χ1v) is 8.23. The van der Waals surface area contributed by atoms with Gasteiger partial charge in [0.2, 0.25) is 0 Å². The Balaban J connectivity index is 1.91. The minimum Gasteiger partial charge on any atom is -0.399 e. The van der Waals surface area contributed by atoms with Crippen molar-refractivity contribution < 1.29 is 0 Å². The number of aryl methyl sites for hydroxylation is 2. The number of benzene rings is 2. The predicted octanol–water partition coefficient (Wildman–Crippen LogP) is 5.20. The summed E-state index contributed by atoms with van der Waals surface area (Å²) in [5.74, 6) is 0. The highest BCUT2D eigenvalue weighted by Gasteiger charge is 2.23. The second-order valence-electron chi connectivity index (χ2n) is 5.30. The van der Waals surface area contributed by atoms with Gasteiger partial charge in [0.15, 0.2) is 0 Å². The second kappa shape index (κ2) is 5.41. The third-order valence-electron chi connectivity index (χ3n) is 3.75. The highest BCUT2D eigenvalue weighted by molar-refractivity contribution is 9.11. The van der Waals surface area contributed by atoms with Crippen LogP contribution in [0.5, 0.6) is 0 Å². The summed E-state index contributed by atoms with van der Waals surface area (Å²) in [4.78, 5) is 0. The van der Waals surface area contributed by atoms with Gasteiger partial charge < -0.3 is 11.1 Å². The number of hydrogen-bond donors (Lipinski definition) is 2. The molecule has 0 aliphatic heterocycles. The molecule has 2 aromatic carbocycles. The fourth-order valence-corrected chi connectivity index (χ4v) is 4.44. The fourth-order valence-electron chi connectivity index (χ4n) is 2.80. The zero-order chi connectivity index (χ0) is 14.3. The van der Waals surface area contributed by atoms with Crippen LogP contribution in [0, 0.1) is 6.92 Å². The molecular formula is C16H16Br2N2. The lowest BCUT2D eigenvalue weighted by Gasteiger charge is -2.19. The van der Waals surface area contributed by atoms with Gasteiger partial charge in [0.25, 0.3) is 0 Å². The molecule has 0 heterocycles. The van der Waals surface area contributed by atoms with Crippen molar-refractivity contribution in [2.24, 2.45) is 0 Å². The minimum atomic E-state index is 0.348. The molecule has 2 aromatic rings. The topological polar surface area (TPSA) is 38.0 Å². The quantitative estimate of drug-likeness (QED) is 0.685. The van der Waals surface area contributed by atoms with E-state index in [1.54, 1.807) is 0 Å². The zero-order valence-electron chi connectivity index (χ0n) is 11.2. The number of nitrogens with one attached hydrogen (secondary N) is 1. The molecule has 2 nitrogen and oxygen atoms in total. The van der Waals surface area contributed by atoms with E-state index in [4.69, 9.17) is 5.73 Å². The number of fused-ring (bicyclic) bond motifs is 1. The predicted molar refractivity (Wildman–Crippen MR) is 92.1 cm³/mol. The lowest BCUT2D eigenvalue weighted by atomic mass is 10.1. The molecular weight excluding hydrogens is 380 g/mol. The molecule has 20 heavy (non-hydrogen) atoms. The van der Waals surface area contributed by atoms with Crippen LogP contribution in [0.3, 0.4) is 0 Å². The van der Waals surface area contributed by atoms with Crippen LogP contribution in [0.1, 0.15) is 29.2 Å². The number of nitrogen functional groups attached to an aromatic ring is 1. The van der Waals surface area contributed by atoms with Gasteiger partial charge in [-0.2, -0.15) is 0 Å². The monoisotopic (exact) mass is 394 g/mol. The summed E-state index contributed by atoms with van der Waals surface area (Å²) in [6, 6.07) is 10.8. The molecule has 1 aliphatic carbocycles. The van der Waals surface area contributed by atoms with Crippen LogP contribution >= 0.6 is 31.9 Å². The SMILES string of the molecule is Cc1cc(Br)c(NC2CCc3cc(N)ccc32)c(Br)c1. The molecule has 4 heteroatoms. The Morgan fingerprint density at radius 2 is 1.85 bits per heavy atom. The molecule has 0 aromatic heterocycles. The second-order valence-corrected chi connectivity index (χ2v) is 7.01. The maximum atomic E-state index is 5.86. The first-order chi connectivity index (χ1) is 9.54. The molecule has 0 fully saturated rings. The van der Waals surface area contributed by atoms with Crippen molar-refractivity contribution in [2.45, 2.75) is 25.8 Å². The zero-order valence-corrected chi connectivity index (χ0v) is 14.4. The van der Waals surface area contributed by atoms with Crippen molar-refractivity contribution in [3.05, 3.63) is 56.0 Å². The van der Waals surface area contributed by atoms with Gasteiger partial charge in [0.1, 0.15) is 0 Å². The molecule has 104 valence electrons. The number of halogens is 2. The summed E-state index contributed by atoms with van der Waals surface area (Å²) in [6.07, 6.45) is 2.19. The molecule has 0 spiro atoms. The Hall–Kier alpha value is -1.00. The largest absolute Gasteiger partial charge is 0.399 e. The van der Waals surface area contributed by atoms with Gasteiger partial charge in [0.05, 0.1) is 11.7 Å². The molecule has 3 N–H and O–H groups in total. The van der Waals surface area contributed by atoms with E-state index in [-0.39, 0.29) is 0 Å². The Bertz CT molecular complexity index is 645. The first-order valence-electron chi connectivity index (χ1n) is 6.65. The van der Waals surface area contributed by atoms with E-state index in [1.807, 2.05) is 6.07 Å². The molecule has 0 radical (unpaired) electrons. The summed E-state index contributed by atoms with van der Waals surface area (Å²) in [5.41, 5.74) is 11.8. The van der Waals surface area contributed by atoms with E-state index in [1.165, 1.54) is 16.7 Å². The van der Waals surface area contributed by atoms with Gasteiger partial charge in [0, 0.05) is 14.6 Å². The first kappa shape index (κ1) is 14.0. The summed E-state index contributed by atoms with van der Waals surface area (Å²) in [6.45, 7) is 2.09. The number of rotatable bonds is 2. The van der Waals surface area contributed by atoms with Crippen LogP contribution in [-0.4, -0.2) is 0 Å². The smallest absolute Gasteiger partial charge is 0.0634 e. The van der Waals surface area contributed by atoms with Gasteiger partial charge in [-0.3, -0.25) is 0 Å². The molecule has 0 amide bonds. The standard InChI is InChI=1S/C16H16Br2N2/c1-9-6-13(17)16(14(18)7-9)20-15-5-2-10-8-11(19)3-4-12(10)15/h3-4,6-8,15,20H,2,5,19H2,1H3. The van der Waals surface area contributed by atoms with Crippen molar-refractivity contribution in [1.29, 1.82) is 0 Å². The summed E-state index contributed by atoms with van der Waals surface area (Å²) >= 11 is 7.29. The van der Waals surface area contributed by atoms with Crippen molar-refractivity contribution in [1.82, 2.24) is 0 Å². The Kier molecular flexibility index (Phi) is 3.78. The van der Waals surface area contributed by atoms with Crippen LogP contribution < -0.4 is 11.1 Å². The minimum absolute atomic E-state index is 0.348. The highest BCUT2D eigenvalue weighted by Crippen LogP contribution is 2.39. The van der Waals surface area contributed by atoms with Crippen LogP contribution in [0.15, 0.2) is 39.3 Å². The average Bonchev–Trinajstić information content (AvgIpc) is 2.76. The van der Waals surface area contributed by atoms with Crippen LogP contribution in [0.25, 0.3) is 0 Å². The number of hydrogen-bond acceptors (Lipinski definition) is 2. The Morgan fingerprint density at radius 3 is 2.55 bits per heavy atom. The van der Waals surface area contributed by atoms with Crippen molar-refractivity contribution >= 4 is 43.2 Å². The number of nitrogens with two attached hydrogens (primary N) is 1. The molecule has 0 saturated heterocycles. The Labute approximate surface area is 136 Å². The molecule has 1 aliphatic rings. The normalized spacial score (nSPS) is 17.1.